The maximum atomic E-state index is 13.3. The van der Waals surface area contributed by atoms with Crippen LogP contribution in [0.3, 0.4) is 0 Å². The Morgan fingerprint density at radius 2 is 1.97 bits per heavy atom. The largest absolute Gasteiger partial charge is 0.463 e. The third kappa shape index (κ3) is 3.22. The number of hydrogen-bond acceptors (Lipinski definition) is 5. The molecule has 4 aromatic rings. The zero-order valence-corrected chi connectivity index (χ0v) is 15.0. The second kappa shape index (κ2) is 6.73. The Hall–Kier alpha value is -3.69. The fourth-order valence-electron chi connectivity index (χ4n) is 3.19. The average Bonchev–Trinajstić information content (AvgIpc) is 3.08. The summed E-state index contributed by atoms with van der Waals surface area (Å²) in [7, 11) is 1.62. The van der Waals surface area contributed by atoms with Gasteiger partial charge in [0.1, 0.15) is 17.9 Å². The van der Waals surface area contributed by atoms with Gasteiger partial charge in [-0.05, 0) is 29.8 Å². The first-order valence-electron chi connectivity index (χ1n) is 8.40. The number of halogens is 3. The van der Waals surface area contributed by atoms with Gasteiger partial charge in [0, 0.05) is 24.0 Å². The molecule has 0 aliphatic rings. The van der Waals surface area contributed by atoms with E-state index >= 15 is 0 Å². The van der Waals surface area contributed by atoms with E-state index in [0.717, 1.165) is 10.6 Å². The summed E-state index contributed by atoms with van der Waals surface area (Å²) in [5.74, 6) is 0. The van der Waals surface area contributed by atoms with Crippen LogP contribution in [-0.4, -0.2) is 25.8 Å². The van der Waals surface area contributed by atoms with Crippen LogP contribution in [0.1, 0.15) is 11.3 Å². The van der Waals surface area contributed by atoms with Crippen molar-refractivity contribution in [2.75, 3.05) is 0 Å². The maximum Gasteiger partial charge on any atom is 0.433 e. The smallest absolute Gasteiger partial charge is 0.433 e. The van der Waals surface area contributed by atoms with E-state index in [1.165, 1.54) is 10.7 Å². The summed E-state index contributed by atoms with van der Waals surface area (Å²) < 4.78 is 47.0. The van der Waals surface area contributed by atoms with E-state index in [9.17, 15) is 22.8 Å². The number of rotatable bonds is 4. The Labute approximate surface area is 161 Å². The summed E-state index contributed by atoms with van der Waals surface area (Å²) >= 11 is 0. The highest BCUT2D eigenvalue weighted by atomic mass is 19.4. The zero-order chi connectivity index (χ0) is 20.8. The van der Waals surface area contributed by atoms with Crippen molar-refractivity contribution in [3.63, 3.8) is 0 Å². The molecule has 0 aliphatic carbocycles. The molecule has 0 spiro atoms. The van der Waals surface area contributed by atoms with Gasteiger partial charge in [0.05, 0.1) is 5.69 Å². The number of carbonyl (C=O) groups is 1. The molecule has 0 N–H and O–H groups in total. The van der Waals surface area contributed by atoms with Gasteiger partial charge in [0.25, 0.3) is 12.0 Å². The van der Waals surface area contributed by atoms with Crippen LogP contribution in [-0.2, 0) is 29.4 Å². The number of carbonyl (C=O) groups excluding carboxylic acids is 1. The summed E-state index contributed by atoms with van der Waals surface area (Å²) in [6, 6.07) is 8.52. The van der Waals surface area contributed by atoms with E-state index in [0.29, 0.717) is 16.3 Å². The van der Waals surface area contributed by atoms with Crippen molar-refractivity contribution in [2.24, 2.45) is 7.05 Å². The molecule has 148 valence electrons. The number of hydrogen-bond donors (Lipinski definition) is 0. The van der Waals surface area contributed by atoms with Gasteiger partial charge in [-0.15, -0.1) is 0 Å². The molecule has 0 amide bonds. The second-order valence-corrected chi connectivity index (χ2v) is 6.35. The van der Waals surface area contributed by atoms with Gasteiger partial charge >= 0.3 is 6.18 Å². The molecule has 0 saturated heterocycles. The predicted molar refractivity (Wildman–Crippen MR) is 97.5 cm³/mol. The van der Waals surface area contributed by atoms with Crippen LogP contribution >= 0.6 is 0 Å². The van der Waals surface area contributed by atoms with Crippen LogP contribution in [0.2, 0.25) is 0 Å². The number of ether oxygens (including phenoxy) is 1. The highest BCUT2D eigenvalue weighted by molar-refractivity contribution is 6.03. The summed E-state index contributed by atoms with van der Waals surface area (Å²) in [4.78, 5) is 27.3. The Morgan fingerprint density at radius 3 is 2.69 bits per heavy atom. The van der Waals surface area contributed by atoms with Gasteiger partial charge in [-0.3, -0.25) is 18.8 Å². The van der Waals surface area contributed by atoms with Crippen molar-refractivity contribution >= 4 is 28.4 Å². The van der Waals surface area contributed by atoms with Crippen molar-refractivity contribution in [1.29, 1.82) is 0 Å². The Morgan fingerprint density at radius 1 is 1.17 bits per heavy atom. The van der Waals surface area contributed by atoms with Crippen molar-refractivity contribution in [2.45, 2.75) is 12.8 Å². The molecular formula is C19H13F3N4O3. The summed E-state index contributed by atoms with van der Waals surface area (Å²) in [6.07, 6.45) is -3.11. The molecule has 0 radical (unpaired) electrons. The zero-order valence-electron chi connectivity index (χ0n) is 15.0. The molecule has 0 unspecified atom stereocenters. The van der Waals surface area contributed by atoms with Crippen LogP contribution in [0.5, 0.6) is 0 Å². The molecule has 4 rings (SSSR count). The second-order valence-electron chi connectivity index (χ2n) is 6.35. The number of benzene rings is 1. The molecule has 10 heteroatoms. The highest BCUT2D eigenvalue weighted by Crippen LogP contribution is 2.31. The first kappa shape index (κ1) is 18.7. The molecule has 1 aromatic carbocycles. The van der Waals surface area contributed by atoms with Crippen LogP contribution < -0.4 is 5.56 Å². The van der Waals surface area contributed by atoms with E-state index in [4.69, 9.17) is 4.74 Å². The molecule has 0 saturated carbocycles. The van der Waals surface area contributed by atoms with Crippen molar-refractivity contribution in [1.82, 2.24) is 19.3 Å². The number of pyridine rings is 2. The molecule has 3 aromatic heterocycles. The predicted octanol–water partition coefficient (Wildman–Crippen LogP) is 2.96. The van der Waals surface area contributed by atoms with Crippen molar-refractivity contribution in [3.05, 3.63) is 64.2 Å². The Kier molecular flexibility index (Phi) is 4.33. The number of fused-ring (bicyclic) bond motifs is 3. The third-order valence-electron chi connectivity index (χ3n) is 4.39. The summed E-state index contributed by atoms with van der Waals surface area (Å²) in [5.41, 5.74) is -0.904. The first-order chi connectivity index (χ1) is 13.8. The quantitative estimate of drug-likeness (QED) is 0.491. The molecule has 7 nitrogen and oxygen atoms in total. The van der Waals surface area contributed by atoms with E-state index < -0.39 is 17.4 Å². The van der Waals surface area contributed by atoms with Gasteiger partial charge in [-0.2, -0.15) is 18.3 Å². The first-order valence-corrected chi connectivity index (χ1v) is 8.40. The van der Waals surface area contributed by atoms with Crippen molar-refractivity contribution in [3.8, 4) is 5.69 Å². The lowest BCUT2D eigenvalue weighted by Gasteiger charge is -2.13. The van der Waals surface area contributed by atoms with Gasteiger partial charge in [-0.25, -0.2) is 4.98 Å². The lowest BCUT2D eigenvalue weighted by Crippen LogP contribution is -2.21. The van der Waals surface area contributed by atoms with Crippen LogP contribution in [0.25, 0.3) is 27.6 Å². The lowest BCUT2D eigenvalue weighted by atomic mass is 10.1. The Bertz CT molecular complexity index is 1310. The summed E-state index contributed by atoms with van der Waals surface area (Å²) in [6.45, 7) is 0.239. The number of alkyl halides is 3. The minimum absolute atomic E-state index is 0.0446. The number of aromatic nitrogens is 4. The SMILES string of the molecule is Cn1cc2c(n1)c(=O)n(-c1cccc(COC=O)c1)c1nc(C(F)(F)F)ccc21. The molecular weight excluding hydrogens is 389 g/mol. The fraction of sp³-hybridized carbons (Fsp3) is 0.158. The monoisotopic (exact) mass is 402 g/mol. The van der Waals surface area contributed by atoms with E-state index in [-0.39, 0.29) is 29.9 Å². The molecule has 0 atom stereocenters. The average molecular weight is 402 g/mol. The third-order valence-corrected chi connectivity index (χ3v) is 4.39. The standard InChI is InChI=1S/C19H13F3N4O3/c1-25-8-14-13-5-6-15(19(20,21)22)23-17(13)26(18(28)16(14)24-25)12-4-2-3-11(7-12)9-29-10-27/h2-8,10H,9H2,1H3. The fourth-order valence-corrected chi connectivity index (χ4v) is 3.19. The van der Waals surface area contributed by atoms with Gasteiger partial charge in [0.2, 0.25) is 0 Å². The van der Waals surface area contributed by atoms with Crippen LogP contribution in [0, 0.1) is 0 Å². The molecule has 29 heavy (non-hydrogen) atoms. The lowest BCUT2D eigenvalue weighted by molar-refractivity contribution is -0.141. The highest BCUT2D eigenvalue weighted by Gasteiger charge is 2.33. The van der Waals surface area contributed by atoms with E-state index in [2.05, 4.69) is 10.1 Å². The molecule has 0 bridgehead atoms. The minimum atomic E-state index is -4.67. The Balaban J connectivity index is 2.09. The topological polar surface area (TPSA) is 79.0 Å². The normalized spacial score (nSPS) is 11.9. The van der Waals surface area contributed by atoms with Gasteiger partial charge < -0.3 is 4.74 Å². The number of nitrogens with zero attached hydrogens (tertiary/aromatic N) is 4. The van der Waals surface area contributed by atoms with Crippen molar-refractivity contribution < 1.29 is 22.7 Å². The number of aryl methyl sites for hydroxylation is 1. The van der Waals surface area contributed by atoms with Crippen LogP contribution in [0.4, 0.5) is 13.2 Å². The maximum absolute atomic E-state index is 13.3. The van der Waals surface area contributed by atoms with E-state index in [1.807, 2.05) is 0 Å². The minimum Gasteiger partial charge on any atom is -0.463 e. The summed E-state index contributed by atoms with van der Waals surface area (Å²) in [5, 5.41) is 4.92. The van der Waals surface area contributed by atoms with Gasteiger partial charge in [-0.1, -0.05) is 12.1 Å². The molecule has 0 aliphatic heterocycles. The molecule has 0 fully saturated rings. The van der Waals surface area contributed by atoms with E-state index in [1.54, 1.807) is 37.5 Å². The van der Waals surface area contributed by atoms with Gasteiger partial charge in [0.15, 0.2) is 5.52 Å². The van der Waals surface area contributed by atoms with Crippen LogP contribution in [0.15, 0.2) is 47.4 Å². The molecule has 3 heterocycles.